The van der Waals surface area contributed by atoms with Crippen LogP contribution in [0.25, 0.3) is 0 Å². The van der Waals surface area contributed by atoms with Crippen LogP contribution in [0.2, 0.25) is 0 Å². The van der Waals surface area contributed by atoms with Crippen LogP contribution in [0, 0.1) is 0 Å². The van der Waals surface area contributed by atoms with Crippen molar-refractivity contribution in [2.45, 2.75) is 18.5 Å². The number of hydrogen-bond acceptors (Lipinski definition) is 4. The molecule has 2 rings (SSSR count). The third-order valence-electron chi connectivity index (χ3n) is 3.85. The molecule has 1 atom stereocenters. The van der Waals surface area contributed by atoms with Crippen molar-refractivity contribution in [3.63, 3.8) is 0 Å². The Bertz CT molecular complexity index is 352. The van der Waals surface area contributed by atoms with E-state index >= 15 is 0 Å². The fourth-order valence-electron chi connectivity index (χ4n) is 2.51. The van der Waals surface area contributed by atoms with E-state index in [0.717, 1.165) is 38.3 Å². The summed E-state index contributed by atoms with van der Waals surface area (Å²) >= 11 is 0. The van der Waals surface area contributed by atoms with Gasteiger partial charge in [-0.25, -0.2) is 0 Å². The standard InChI is InChI=1S/C13H22N4/c1-16(2)13(10-14)6-8-17(11-13)9-12-5-3-4-7-15-12/h3-5,7H,6,8-11,14H2,1-2H3. The molecule has 1 aliphatic heterocycles. The van der Waals surface area contributed by atoms with Crippen molar-refractivity contribution in [3.05, 3.63) is 30.1 Å². The minimum Gasteiger partial charge on any atom is -0.329 e. The number of nitrogens with two attached hydrogens (primary N) is 1. The molecule has 0 spiro atoms. The molecular formula is C13H22N4. The fraction of sp³-hybridized carbons (Fsp3) is 0.615. The Labute approximate surface area is 103 Å². The van der Waals surface area contributed by atoms with Gasteiger partial charge in [0.2, 0.25) is 0 Å². The van der Waals surface area contributed by atoms with E-state index < -0.39 is 0 Å². The quantitative estimate of drug-likeness (QED) is 0.826. The average molecular weight is 234 g/mol. The molecule has 4 nitrogen and oxygen atoms in total. The number of hydrogen-bond donors (Lipinski definition) is 1. The first kappa shape index (κ1) is 12.5. The molecule has 0 saturated carbocycles. The SMILES string of the molecule is CN(C)C1(CN)CCN(Cc2ccccn2)C1. The third kappa shape index (κ3) is 2.65. The highest BCUT2D eigenvalue weighted by Gasteiger charge is 2.38. The first-order chi connectivity index (χ1) is 8.16. The average Bonchev–Trinajstić information content (AvgIpc) is 2.75. The van der Waals surface area contributed by atoms with Gasteiger partial charge in [0, 0.05) is 37.9 Å². The molecule has 1 unspecified atom stereocenters. The van der Waals surface area contributed by atoms with E-state index in [1.807, 2.05) is 18.3 Å². The first-order valence-corrected chi connectivity index (χ1v) is 6.16. The Hall–Kier alpha value is -0.970. The Balaban J connectivity index is 1.98. The second-order valence-electron chi connectivity index (χ2n) is 5.10. The van der Waals surface area contributed by atoms with Crippen LogP contribution < -0.4 is 5.73 Å². The smallest absolute Gasteiger partial charge is 0.0543 e. The van der Waals surface area contributed by atoms with Crippen LogP contribution in [0.1, 0.15) is 12.1 Å². The fourth-order valence-corrected chi connectivity index (χ4v) is 2.51. The number of rotatable bonds is 4. The van der Waals surface area contributed by atoms with E-state index in [-0.39, 0.29) is 5.54 Å². The van der Waals surface area contributed by atoms with Gasteiger partial charge in [-0.2, -0.15) is 0 Å². The molecule has 17 heavy (non-hydrogen) atoms. The molecular weight excluding hydrogens is 212 g/mol. The van der Waals surface area contributed by atoms with Crippen LogP contribution in [0.15, 0.2) is 24.4 Å². The largest absolute Gasteiger partial charge is 0.329 e. The van der Waals surface area contributed by atoms with Crippen LogP contribution >= 0.6 is 0 Å². The van der Waals surface area contributed by atoms with Gasteiger partial charge in [0.1, 0.15) is 0 Å². The summed E-state index contributed by atoms with van der Waals surface area (Å²) in [5.74, 6) is 0. The lowest BCUT2D eigenvalue weighted by Crippen LogP contribution is -2.52. The summed E-state index contributed by atoms with van der Waals surface area (Å²) < 4.78 is 0. The van der Waals surface area contributed by atoms with E-state index in [9.17, 15) is 0 Å². The predicted molar refractivity (Wildman–Crippen MR) is 69.6 cm³/mol. The highest BCUT2D eigenvalue weighted by atomic mass is 15.3. The number of aromatic nitrogens is 1. The Kier molecular flexibility index (Phi) is 3.76. The lowest BCUT2D eigenvalue weighted by atomic mass is 9.97. The van der Waals surface area contributed by atoms with Crippen molar-refractivity contribution >= 4 is 0 Å². The minimum absolute atomic E-state index is 0.148. The molecule has 0 amide bonds. The van der Waals surface area contributed by atoms with Crippen LogP contribution in [0.5, 0.6) is 0 Å². The maximum atomic E-state index is 5.94. The molecule has 0 radical (unpaired) electrons. The zero-order valence-corrected chi connectivity index (χ0v) is 10.8. The number of nitrogens with zero attached hydrogens (tertiary/aromatic N) is 3. The summed E-state index contributed by atoms with van der Waals surface area (Å²) in [5.41, 5.74) is 7.23. The maximum Gasteiger partial charge on any atom is 0.0543 e. The Morgan fingerprint density at radius 2 is 2.29 bits per heavy atom. The molecule has 4 heteroatoms. The van der Waals surface area contributed by atoms with Gasteiger partial charge in [0.25, 0.3) is 0 Å². The van der Waals surface area contributed by atoms with Crippen molar-refractivity contribution in [2.24, 2.45) is 5.73 Å². The molecule has 1 aromatic rings. The second-order valence-corrected chi connectivity index (χ2v) is 5.10. The normalized spacial score (nSPS) is 25.6. The maximum absolute atomic E-state index is 5.94. The summed E-state index contributed by atoms with van der Waals surface area (Å²) in [6, 6.07) is 6.08. The number of pyridine rings is 1. The first-order valence-electron chi connectivity index (χ1n) is 6.16. The van der Waals surface area contributed by atoms with Gasteiger partial charge in [0.15, 0.2) is 0 Å². The predicted octanol–water partition coefficient (Wildman–Crippen LogP) is 0.546. The van der Waals surface area contributed by atoms with Crippen LogP contribution in [-0.4, -0.2) is 54.1 Å². The molecule has 2 heterocycles. The zero-order chi connectivity index (χ0) is 12.3. The summed E-state index contributed by atoms with van der Waals surface area (Å²) in [5, 5.41) is 0. The van der Waals surface area contributed by atoms with Gasteiger partial charge in [-0.1, -0.05) is 6.07 Å². The number of likely N-dealkylation sites (tertiary alicyclic amines) is 1. The molecule has 1 fully saturated rings. The van der Waals surface area contributed by atoms with Gasteiger partial charge in [-0.15, -0.1) is 0 Å². The highest BCUT2D eigenvalue weighted by Crippen LogP contribution is 2.25. The highest BCUT2D eigenvalue weighted by molar-refractivity contribution is 5.05. The van der Waals surface area contributed by atoms with E-state index in [1.54, 1.807) is 0 Å². The minimum atomic E-state index is 0.148. The monoisotopic (exact) mass is 234 g/mol. The van der Waals surface area contributed by atoms with Crippen LogP contribution in [0.4, 0.5) is 0 Å². The van der Waals surface area contributed by atoms with E-state index in [4.69, 9.17) is 5.73 Å². The summed E-state index contributed by atoms with van der Waals surface area (Å²) in [6.07, 6.45) is 3.00. The van der Waals surface area contributed by atoms with Crippen molar-refractivity contribution in [2.75, 3.05) is 33.7 Å². The Morgan fingerprint density at radius 1 is 1.47 bits per heavy atom. The molecule has 1 aromatic heterocycles. The molecule has 1 aliphatic rings. The molecule has 2 N–H and O–H groups in total. The lowest BCUT2D eigenvalue weighted by molar-refractivity contribution is 0.159. The van der Waals surface area contributed by atoms with Crippen molar-refractivity contribution < 1.29 is 0 Å². The molecule has 0 aromatic carbocycles. The van der Waals surface area contributed by atoms with Crippen LogP contribution in [-0.2, 0) is 6.54 Å². The van der Waals surface area contributed by atoms with Gasteiger partial charge in [0.05, 0.1) is 5.69 Å². The van der Waals surface area contributed by atoms with E-state index in [0.29, 0.717) is 0 Å². The van der Waals surface area contributed by atoms with Gasteiger partial charge in [-0.05, 0) is 32.6 Å². The topological polar surface area (TPSA) is 45.4 Å². The van der Waals surface area contributed by atoms with Gasteiger partial charge < -0.3 is 10.6 Å². The van der Waals surface area contributed by atoms with Gasteiger partial charge >= 0.3 is 0 Å². The van der Waals surface area contributed by atoms with Gasteiger partial charge in [-0.3, -0.25) is 9.88 Å². The molecule has 1 saturated heterocycles. The molecule has 0 bridgehead atoms. The van der Waals surface area contributed by atoms with E-state index in [1.165, 1.54) is 0 Å². The summed E-state index contributed by atoms with van der Waals surface area (Å²) in [4.78, 5) is 9.08. The van der Waals surface area contributed by atoms with Crippen molar-refractivity contribution in [1.82, 2.24) is 14.8 Å². The summed E-state index contributed by atoms with van der Waals surface area (Å²) in [7, 11) is 4.24. The van der Waals surface area contributed by atoms with Crippen LogP contribution in [0.3, 0.4) is 0 Å². The van der Waals surface area contributed by atoms with Crippen molar-refractivity contribution in [3.8, 4) is 0 Å². The van der Waals surface area contributed by atoms with E-state index in [2.05, 4.69) is 34.9 Å². The molecule has 0 aliphatic carbocycles. The second kappa shape index (κ2) is 5.12. The molecule has 94 valence electrons. The zero-order valence-electron chi connectivity index (χ0n) is 10.8. The number of likely N-dealkylation sites (N-methyl/N-ethyl adjacent to an activating group) is 1. The van der Waals surface area contributed by atoms with Crippen molar-refractivity contribution in [1.29, 1.82) is 0 Å². The summed E-state index contributed by atoms with van der Waals surface area (Å²) in [6.45, 7) is 3.79. The lowest BCUT2D eigenvalue weighted by Gasteiger charge is -2.35. The Morgan fingerprint density at radius 3 is 2.82 bits per heavy atom. The third-order valence-corrected chi connectivity index (χ3v) is 3.85.